The number of nitrogens with two attached hydrogens (primary N) is 1. The number of likely N-dealkylation sites (tertiary alicyclic amines) is 1. The summed E-state index contributed by atoms with van der Waals surface area (Å²) in [5.74, 6) is -2.05. The van der Waals surface area contributed by atoms with Crippen LogP contribution in [0.15, 0.2) is 72.8 Å². The molecule has 3 aromatic carbocycles. The van der Waals surface area contributed by atoms with Crippen LogP contribution in [0.5, 0.6) is 5.75 Å². The molecule has 0 radical (unpaired) electrons. The number of sulfonamides is 1. The molecule has 0 spiro atoms. The fourth-order valence-electron chi connectivity index (χ4n) is 5.09. The zero-order valence-electron chi connectivity index (χ0n) is 24.8. The van der Waals surface area contributed by atoms with Gasteiger partial charge in [0, 0.05) is 35.7 Å². The molecule has 0 bridgehead atoms. The highest BCUT2D eigenvalue weighted by molar-refractivity contribution is 7.92. The molecule has 0 aromatic heterocycles. The largest absolute Gasteiger partial charge is 0.497 e. The predicted molar refractivity (Wildman–Crippen MR) is 174 cm³/mol. The van der Waals surface area contributed by atoms with Crippen molar-refractivity contribution in [1.29, 1.82) is 0 Å². The van der Waals surface area contributed by atoms with E-state index in [1.165, 1.54) is 18.3 Å². The standard InChI is InChI=1S/C31H35Cl2N5O6S/c1-20(31(34)41)36-29(40)17-28(39)35-14-15-45(42,43)38(25-4-3-5-27(16-25)44-2)26-18-37(19-26)30(21-6-10-23(32)11-7-21)22-8-12-24(33)13-9-22/h3-13,16,20,26,30H,14-15,17-19H2,1-2H3,(H2,34,41)(H,35,39)(H,36,40). The number of carbonyl (C=O) groups is 3. The Balaban J connectivity index is 1.51. The first-order valence-corrected chi connectivity index (χ1v) is 16.5. The maximum atomic E-state index is 13.8. The number of halogens is 2. The predicted octanol–water partition coefficient (Wildman–Crippen LogP) is 3.11. The molecule has 1 saturated heterocycles. The summed E-state index contributed by atoms with van der Waals surface area (Å²) in [5, 5.41) is 6.01. The molecule has 1 atom stereocenters. The van der Waals surface area contributed by atoms with Crippen LogP contribution in [-0.4, -0.2) is 75.6 Å². The Morgan fingerprint density at radius 2 is 1.56 bits per heavy atom. The number of benzene rings is 3. The number of anilines is 1. The summed E-state index contributed by atoms with van der Waals surface area (Å²) in [6.07, 6.45) is -0.578. The molecule has 14 heteroatoms. The Labute approximate surface area is 272 Å². The summed E-state index contributed by atoms with van der Waals surface area (Å²) in [4.78, 5) is 37.6. The average Bonchev–Trinajstić information content (AvgIpc) is 2.97. The van der Waals surface area contributed by atoms with Gasteiger partial charge in [0.1, 0.15) is 18.2 Å². The number of hydrogen-bond acceptors (Lipinski definition) is 7. The van der Waals surface area contributed by atoms with Gasteiger partial charge in [-0.2, -0.15) is 0 Å². The van der Waals surface area contributed by atoms with Crippen LogP contribution in [0.1, 0.15) is 30.5 Å². The Hall–Kier alpha value is -3.84. The van der Waals surface area contributed by atoms with Crippen LogP contribution < -0.4 is 25.4 Å². The lowest BCUT2D eigenvalue weighted by Crippen LogP contribution is -2.62. The molecule has 0 aliphatic carbocycles. The van der Waals surface area contributed by atoms with Crippen molar-refractivity contribution >= 4 is 56.6 Å². The van der Waals surface area contributed by atoms with Gasteiger partial charge in [0.2, 0.25) is 27.7 Å². The minimum Gasteiger partial charge on any atom is -0.497 e. The fraction of sp³-hybridized carbons (Fsp3) is 0.323. The number of hydrogen-bond donors (Lipinski definition) is 3. The molecule has 1 aliphatic heterocycles. The Morgan fingerprint density at radius 1 is 0.978 bits per heavy atom. The first-order chi connectivity index (χ1) is 21.4. The van der Waals surface area contributed by atoms with Gasteiger partial charge < -0.3 is 21.1 Å². The molecule has 3 amide bonds. The van der Waals surface area contributed by atoms with E-state index in [1.54, 1.807) is 24.3 Å². The Bertz CT molecular complexity index is 1570. The van der Waals surface area contributed by atoms with Crippen molar-refractivity contribution in [2.24, 2.45) is 5.73 Å². The number of nitrogens with zero attached hydrogens (tertiary/aromatic N) is 2. The molecule has 240 valence electrons. The smallest absolute Gasteiger partial charge is 0.239 e. The Kier molecular flexibility index (Phi) is 11.3. The number of ether oxygens (including phenoxy) is 1. The Morgan fingerprint density at radius 3 is 2.09 bits per heavy atom. The third kappa shape index (κ3) is 8.88. The fourth-order valence-corrected chi connectivity index (χ4v) is 6.92. The lowest BCUT2D eigenvalue weighted by molar-refractivity contribution is -0.131. The molecule has 4 rings (SSSR count). The van der Waals surface area contributed by atoms with Gasteiger partial charge in [0.15, 0.2) is 0 Å². The van der Waals surface area contributed by atoms with E-state index in [-0.39, 0.29) is 12.6 Å². The summed E-state index contributed by atoms with van der Waals surface area (Å²) in [6.45, 7) is 2.00. The van der Waals surface area contributed by atoms with E-state index < -0.39 is 52.0 Å². The van der Waals surface area contributed by atoms with Crippen molar-refractivity contribution in [2.75, 3.05) is 36.8 Å². The number of methoxy groups -OCH3 is 1. The zero-order valence-corrected chi connectivity index (χ0v) is 27.1. The molecule has 0 saturated carbocycles. The summed E-state index contributed by atoms with van der Waals surface area (Å²) < 4.78 is 34.4. The third-order valence-corrected chi connectivity index (χ3v) is 9.71. The van der Waals surface area contributed by atoms with Crippen molar-refractivity contribution in [3.05, 3.63) is 94.0 Å². The van der Waals surface area contributed by atoms with Gasteiger partial charge in [0.25, 0.3) is 0 Å². The zero-order chi connectivity index (χ0) is 32.7. The van der Waals surface area contributed by atoms with Gasteiger partial charge >= 0.3 is 0 Å². The quantitative estimate of drug-likeness (QED) is 0.222. The first kappa shape index (κ1) is 34.0. The van der Waals surface area contributed by atoms with Crippen LogP contribution in [0.4, 0.5) is 5.69 Å². The summed E-state index contributed by atoms with van der Waals surface area (Å²) in [5.41, 5.74) is 7.54. The van der Waals surface area contributed by atoms with Gasteiger partial charge in [-0.15, -0.1) is 0 Å². The molecular weight excluding hydrogens is 641 g/mol. The summed E-state index contributed by atoms with van der Waals surface area (Å²) in [6, 6.07) is 20.3. The molecule has 3 aromatic rings. The van der Waals surface area contributed by atoms with Crippen LogP contribution in [0.2, 0.25) is 10.0 Å². The van der Waals surface area contributed by atoms with E-state index in [0.717, 1.165) is 11.1 Å². The number of primary amides is 1. The number of carbonyl (C=O) groups excluding carboxylic acids is 3. The topological polar surface area (TPSA) is 151 Å². The van der Waals surface area contributed by atoms with Crippen LogP contribution in [0.25, 0.3) is 0 Å². The first-order valence-electron chi connectivity index (χ1n) is 14.1. The van der Waals surface area contributed by atoms with E-state index in [2.05, 4.69) is 15.5 Å². The summed E-state index contributed by atoms with van der Waals surface area (Å²) in [7, 11) is -2.46. The second-order valence-corrected chi connectivity index (χ2v) is 13.5. The van der Waals surface area contributed by atoms with Gasteiger partial charge in [-0.3, -0.25) is 23.6 Å². The van der Waals surface area contributed by atoms with Gasteiger partial charge in [0.05, 0.1) is 30.6 Å². The monoisotopic (exact) mass is 675 g/mol. The van der Waals surface area contributed by atoms with Crippen molar-refractivity contribution in [3.8, 4) is 5.75 Å². The second-order valence-electron chi connectivity index (χ2n) is 10.6. The number of amides is 3. The van der Waals surface area contributed by atoms with Gasteiger partial charge in [-0.25, -0.2) is 8.42 Å². The third-order valence-electron chi connectivity index (χ3n) is 7.37. The molecular formula is C31H35Cl2N5O6S. The maximum absolute atomic E-state index is 13.8. The van der Waals surface area contributed by atoms with Crippen LogP contribution in [-0.2, 0) is 24.4 Å². The van der Waals surface area contributed by atoms with Crippen LogP contribution in [0.3, 0.4) is 0 Å². The van der Waals surface area contributed by atoms with Crippen molar-refractivity contribution in [1.82, 2.24) is 15.5 Å². The van der Waals surface area contributed by atoms with Gasteiger partial charge in [-0.1, -0.05) is 53.5 Å². The molecule has 11 nitrogen and oxygen atoms in total. The maximum Gasteiger partial charge on any atom is 0.239 e. The average molecular weight is 677 g/mol. The lowest BCUT2D eigenvalue weighted by Gasteiger charge is -2.49. The lowest BCUT2D eigenvalue weighted by atomic mass is 9.93. The highest BCUT2D eigenvalue weighted by atomic mass is 35.5. The van der Waals surface area contributed by atoms with Gasteiger partial charge in [-0.05, 0) is 54.4 Å². The number of nitrogens with one attached hydrogen (secondary N) is 2. The second kappa shape index (κ2) is 15.0. The van der Waals surface area contributed by atoms with E-state index in [1.807, 2.05) is 48.5 Å². The van der Waals surface area contributed by atoms with E-state index in [4.69, 9.17) is 33.7 Å². The molecule has 4 N–H and O–H groups in total. The van der Waals surface area contributed by atoms with E-state index in [0.29, 0.717) is 34.6 Å². The molecule has 45 heavy (non-hydrogen) atoms. The molecule has 1 heterocycles. The van der Waals surface area contributed by atoms with E-state index in [9.17, 15) is 22.8 Å². The highest BCUT2D eigenvalue weighted by Gasteiger charge is 2.42. The van der Waals surface area contributed by atoms with E-state index >= 15 is 0 Å². The van der Waals surface area contributed by atoms with Crippen molar-refractivity contribution in [3.63, 3.8) is 0 Å². The summed E-state index contributed by atoms with van der Waals surface area (Å²) >= 11 is 12.3. The minimum atomic E-state index is -3.96. The normalized spacial score (nSPS) is 14.3. The minimum absolute atomic E-state index is 0.173. The van der Waals surface area contributed by atoms with Crippen molar-refractivity contribution in [2.45, 2.75) is 31.5 Å². The van der Waals surface area contributed by atoms with Crippen LogP contribution in [0, 0.1) is 0 Å². The molecule has 1 fully saturated rings. The molecule has 1 aliphatic rings. The van der Waals surface area contributed by atoms with Crippen LogP contribution >= 0.6 is 23.2 Å². The SMILES string of the molecule is COc1cccc(N(C2CN(C(c3ccc(Cl)cc3)c3ccc(Cl)cc3)C2)S(=O)(=O)CCNC(=O)CC(=O)NC(C)C(N)=O)c1. The number of rotatable bonds is 14. The highest BCUT2D eigenvalue weighted by Crippen LogP contribution is 2.37. The molecule has 1 unspecified atom stereocenters. The van der Waals surface area contributed by atoms with Crippen molar-refractivity contribution < 1.29 is 27.5 Å².